The minimum atomic E-state index is -0.165. The van der Waals surface area contributed by atoms with E-state index < -0.39 is 0 Å². The molecule has 0 aromatic heterocycles. The fourth-order valence-corrected chi connectivity index (χ4v) is 3.10. The second-order valence-corrected chi connectivity index (χ2v) is 6.89. The molecule has 0 unspecified atom stereocenters. The molecule has 0 spiro atoms. The van der Waals surface area contributed by atoms with Gasteiger partial charge in [-0.2, -0.15) is 0 Å². The Balaban J connectivity index is 1.30. The fourth-order valence-electron chi connectivity index (χ4n) is 3.10. The third-order valence-corrected chi connectivity index (χ3v) is 4.84. The van der Waals surface area contributed by atoms with Crippen molar-refractivity contribution in [1.29, 1.82) is 0 Å². The van der Waals surface area contributed by atoms with Crippen molar-refractivity contribution in [3.8, 4) is 16.9 Å². The van der Waals surface area contributed by atoms with Crippen molar-refractivity contribution in [2.45, 2.75) is 25.8 Å². The first kappa shape index (κ1) is 16.6. The van der Waals surface area contributed by atoms with E-state index >= 15 is 0 Å². The van der Waals surface area contributed by atoms with Gasteiger partial charge in [0, 0.05) is 18.9 Å². The molecule has 2 aromatic rings. The van der Waals surface area contributed by atoms with Crippen LogP contribution in [-0.4, -0.2) is 25.0 Å². The lowest BCUT2D eigenvalue weighted by Crippen LogP contribution is -2.37. The van der Waals surface area contributed by atoms with E-state index in [9.17, 15) is 9.59 Å². The zero-order chi connectivity index (χ0) is 17.9. The summed E-state index contributed by atoms with van der Waals surface area (Å²) in [7, 11) is 0. The van der Waals surface area contributed by atoms with E-state index in [0.717, 1.165) is 42.7 Å². The highest BCUT2D eigenvalue weighted by molar-refractivity contribution is 5.86. The van der Waals surface area contributed by atoms with E-state index in [1.165, 1.54) is 11.1 Å². The second-order valence-electron chi connectivity index (χ2n) is 6.89. The van der Waals surface area contributed by atoms with Gasteiger partial charge >= 0.3 is 0 Å². The summed E-state index contributed by atoms with van der Waals surface area (Å²) in [5.74, 6) is 0.939. The van der Waals surface area contributed by atoms with Gasteiger partial charge in [-0.25, -0.2) is 0 Å². The number of carbonyl (C=O) groups is 2. The Bertz CT molecular complexity index is 826. The third-order valence-electron chi connectivity index (χ3n) is 4.84. The van der Waals surface area contributed by atoms with Crippen LogP contribution in [0.25, 0.3) is 11.1 Å². The predicted octanol–water partition coefficient (Wildman–Crippen LogP) is 2.43. The molecule has 2 amide bonds. The molecule has 2 aliphatic rings. The van der Waals surface area contributed by atoms with Crippen molar-refractivity contribution >= 4 is 11.8 Å². The van der Waals surface area contributed by atoms with E-state index in [1.807, 2.05) is 18.2 Å². The molecule has 4 rings (SSSR count). The molecule has 1 saturated carbocycles. The fraction of sp³-hybridized carbons (Fsp3) is 0.333. The van der Waals surface area contributed by atoms with E-state index in [1.54, 1.807) is 0 Å². The van der Waals surface area contributed by atoms with E-state index in [2.05, 4.69) is 34.9 Å². The lowest BCUT2D eigenvalue weighted by molar-refractivity contribution is -0.126. The van der Waals surface area contributed by atoms with Crippen LogP contribution in [0.15, 0.2) is 42.5 Å². The number of ether oxygens (including phenoxy) is 1. The number of amides is 2. The SMILES string of the molecule is O=C(CNC(=O)C1CC1)NCc1ccc(-c2ccc3c(c2)CCO3)cc1. The first-order valence-corrected chi connectivity index (χ1v) is 9.08. The van der Waals surface area contributed by atoms with Crippen LogP contribution in [0.2, 0.25) is 0 Å². The summed E-state index contributed by atoms with van der Waals surface area (Å²) in [5, 5.41) is 5.51. The Morgan fingerprint density at radius 1 is 1.00 bits per heavy atom. The van der Waals surface area contributed by atoms with Gasteiger partial charge in [-0.1, -0.05) is 30.3 Å². The number of benzene rings is 2. The van der Waals surface area contributed by atoms with Gasteiger partial charge in [-0.15, -0.1) is 0 Å². The first-order chi connectivity index (χ1) is 12.7. The Morgan fingerprint density at radius 3 is 2.54 bits per heavy atom. The number of nitrogens with one attached hydrogen (secondary N) is 2. The second kappa shape index (κ2) is 7.20. The zero-order valence-corrected chi connectivity index (χ0v) is 14.6. The summed E-state index contributed by atoms with van der Waals surface area (Å²) >= 11 is 0. The number of hydrogen-bond acceptors (Lipinski definition) is 3. The van der Waals surface area contributed by atoms with Crippen LogP contribution in [0.4, 0.5) is 0 Å². The smallest absolute Gasteiger partial charge is 0.239 e. The molecule has 5 nitrogen and oxygen atoms in total. The normalized spacial score (nSPS) is 15.1. The van der Waals surface area contributed by atoms with Crippen LogP contribution in [-0.2, 0) is 22.6 Å². The summed E-state index contributed by atoms with van der Waals surface area (Å²) in [6, 6.07) is 14.4. The molecule has 2 aromatic carbocycles. The van der Waals surface area contributed by atoms with Gasteiger partial charge in [0.2, 0.25) is 11.8 Å². The Hall–Kier alpha value is -2.82. The van der Waals surface area contributed by atoms with Gasteiger partial charge in [0.25, 0.3) is 0 Å². The van der Waals surface area contributed by atoms with Crippen LogP contribution in [0.5, 0.6) is 5.75 Å². The molecule has 1 fully saturated rings. The van der Waals surface area contributed by atoms with Crippen molar-refractivity contribution in [3.63, 3.8) is 0 Å². The molecule has 0 atom stereocenters. The summed E-state index contributed by atoms with van der Waals surface area (Å²) in [4.78, 5) is 23.4. The lowest BCUT2D eigenvalue weighted by Gasteiger charge is -2.08. The molecule has 0 bridgehead atoms. The summed E-state index contributed by atoms with van der Waals surface area (Å²) in [5.41, 5.74) is 4.60. The van der Waals surface area contributed by atoms with Crippen molar-refractivity contribution < 1.29 is 14.3 Å². The van der Waals surface area contributed by atoms with Crippen molar-refractivity contribution in [2.24, 2.45) is 5.92 Å². The number of rotatable bonds is 6. The first-order valence-electron chi connectivity index (χ1n) is 9.08. The van der Waals surface area contributed by atoms with Crippen LogP contribution in [0, 0.1) is 5.92 Å². The highest BCUT2D eigenvalue weighted by Crippen LogP contribution is 2.30. The van der Waals surface area contributed by atoms with Gasteiger partial charge in [-0.3, -0.25) is 9.59 Å². The molecule has 26 heavy (non-hydrogen) atoms. The van der Waals surface area contributed by atoms with Crippen molar-refractivity contribution in [1.82, 2.24) is 10.6 Å². The molecule has 1 aliphatic heterocycles. The molecule has 0 saturated heterocycles. The number of carbonyl (C=O) groups excluding carboxylic acids is 2. The molecule has 5 heteroatoms. The highest BCUT2D eigenvalue weighted by Gasteiger charge is 2.29. The van der Waals surface area contributed by atoms with E-state index in [4.69, 9.17) is 4.74 Å². The van der Waals surface area contributed by atoms with E-state index in [0.29, 0.717) is 6.54 Å². The molecule has 0 radical (unpaired) electrons. The monoisotopic (exact) mass is 350 g/mol. The maximum Gasteiger partial charge on any atom is 0.239 e. The zero-order valence-electron chi connectivity index (χ0n) is 14.6. The lowest BCUT2D eigenvalue weighted by atomic mass is 10.0. The molecule has 1 aliphatic carbocycles. The maximum atomic E-state index is 11.8. The van der Waals surface area contributed by atoms with Crippen LogP contribution >= 0.6 is 0 Å². The predicted molar refractivity (Wildman–Crippen MR) is 98.7 cm³/mol. The molecular weight excluding hydrogens is 328 g/mol. The van der Waals surface area contributed by atoms with Gasteiger partial charge < -0.3 is 15.4 Å². The molecule has 1 heterocycles. The Morgan fingerprint density at radius 2 is 1.77 bits per heavy atom. The average Bonchev–Trinajstić information content (AvgIpc) is 3.42. The maximum absolute atomic E-state index is 11.8. The number of hydrogen-bond donors (Lipinski definition) is 2. The molecule has 2 N–H and O–H groups in total. The van der Waals surface area contributed by atoms with Gasteiger partial charge in [0.1, 0.15) is 5.75 Å². The topological polar surface area (TPSA) is 67.4 Å². The minimum absolute atomic E-state index is 0.00995. The minimum Gasteiger partial charge on any atom is -0.493 e. The van der Waals surface area contributed by atoms with Crippen LogP contribution in [0.3, 0.4) is 0 Å². The number of fused-ring (bicyclic) bond motifs is 1. The highest BCUT2D eigenvalue weighted by atomic mass is 16.5. The molecular formula is C21H22N2O3. The Labute approximate surface area is 152 Å². The quantitative estimate of drug-likeness (QED) is 0.841. The van der Waals surface area contributed by atoms with E-state index in [-0.39, 0.29) is 24.3 Å². The van der Waals surface area contributed by atoms with Crippen molar-refractivity contribution in [3.05, 3.63) is 53.6 Å². The van der Waals surface area contributed by atoms with Gasteiger partial charge in [0.15, 0.2) is 0 Å². The molecule has 134 valence electrons. The van der Waals surface area contributed by atoms with Gasteiger partial charge in [0.05, 0.1) is 13.2 Å². The largest absolute Gasteiger partial charge is 0.493 e. The average molecular weight is 350 g/mol. The summed E-state index contributed by atoms with van der Waals surface area (Å²) < 4.78 is 5.55. The van der Waals surface area contributed by atoms with Crippen LogP contribution in [0.1, 0.15) is 24.0 Å². The van der Waals surface area contributed by atoms with Crippen LogP contribution < -0.4 is 15.4 Å². The standard InChI is InChI=1S/C21H22N2O3/c24-20(13-23-21(25)16-5-6-16)22-12-14-1-3-15(4-2-14)17-7-8-19-18(11-17)9-10-26-19/h1-4,7-8,11,16H,5-6,9-10,12-13H2,(H,22,24)(H,23,25). The third kappa shape index (κ3) is 3.87. The van der Waals surface area contributed by atoms with Crippen molar-refractivity contribution in [2.75, 3.05) is 13.2 Å². The Kier molecular flexibility index (Phi) is 4.61. The summed E-state index contributed by atoms with van der Waals surface area (Å²) in [6.07, 6.45) is 2.85. The summed E-state index contributed by atoms with van der Waals surface area (Å²) in [6.45, 7) is 1.26. The van der Waals surface area contributed by atoms with Gasteiger partial charge in [-0.05, 0) is 47.2 Å².